The monoisotopic (exact) mass is 446 g/mol. The molecule has 4 aliphatic rings. The minimum atomic E-state index is -1.26. The largest absolute Gasteiger partial charge is 0.461 e. The highest BCUT2D eigenvalue weighted by molar-refractivity contribution is 5.99. The molecule has 0 aromatic carbocycles. The number of nitrogens with zero attached hydrogens (tertiary/aromatic N) is 2. The third-order valence-corrected chi connectivity index (χ3v) is 7.28. The average Bonchev–Trinajstić information content (AvgIpc) is 3.05. The molecule has 1 unspecified atom stereocenters. The van der Waals surface area contributed by atoms with Gasteiger partial charge in [0.05, 0.1) is 24.7 Å². The van der Waals surface area contributed by atoms with Gasteiger partial charge < -0.3 is 24.4 Å². The van der Waals surface area contributed by atoms with E-state index in [-0.39, 0.29) is 30.9 Å². The third kappa shape index (κ3) is 3.48. The number of rotatable bonds is 7. The van der Waals surface area contributed by atoms with Crippen molar-refractivity contribution in [2.45, 2.75) is 63.8 Å². The standard InChI is InChI=1S/C24H34N2O6/c1-4-5-6-11-25-12-8-10-24-19(18-17(32-24)9-7-13-31-23(18)30)21(28)26(20(24)22(25)29)16(14-27)15(2)3/h7-10,15-20,27H,4-6,11-14H2,1-3H3/t16-,17+,18-,19-,20?,24-/m0/s1. The van der Waals surface area contributed by atoms with Crippen molar-refractivity contribution in [1.29, 1.82) is 0 Å². The number of likely N-dealkylation sites (tertiary alicyclic amines) is 1. The summed E-state index contributed by atoms with van der Waals surface area (Å²) in [6, 6.07) is -1.48. The van der Waals surface area contributed by atoms with Gasteiger partial charge >= 0.3 is 5.97 Å². The highest BCUT2D eigenvalue weighted by atomic mass is 16.6. The molecule has 1 N–H and O–H groups in total. The molecule has 0 aromatic rings. The van der Waals surface area contributed by atoms with E-state index in [0.29, 0.717) is 13.1 Å². The Labute approximate surface area is 189 Å². The first kappa shape index (κ1) is 23.0. The molecule has 4 heterocycles. The Hall–Kier alpha value is -2.19. The average molecular weight is 447 g/mol. The number of aliphatic hydroxyl groups is 1. The Balaban J connectivity index is 1.80. The lowest BCUT2D eigenvalue weighted by Gasteiger charge is -2.39. The van der Waals surface area contributed by atoms with Gasteiger partial charge in [-0.25, -0.2) is 0 Å². The normalized spacial score (nSPS) is 34.8. The van der Waals surface area contributed by atoms with Crippen LogP contribution in [-0.2, 0) is 23.9 Å². The molecule has 176 valence electrons. The molecule has 8 nitrogen and oxygen atoms in total. The molecule has 2 saturated heterocycles. The fourth-order valence-corrected chi connectivity index (χ4v) is 5.69. The van der Waals surface area contributed by atoms with Crippen molar-refractivity contribution in [3.05, 3.63) is 24.3 Å². The van der Waals surface area contributed by atoms with Crippen LogP contribution in [0, 0.1) is 17.8 Å². The Morgan fingerprint density at radius 3 is 2.66 bits per heavy atom. The Morgan fingerprint density at radius 2 is 1.97 bits per heavy atom. The Bertz CT molecular complexity index is 823. The molecule has 32 heavy (non-hydrogen) atoms. The van der Waals surface area contributed by atoms with Gasteiger partial charge in [0.15, 0.2) is 0 Å². The molecule has 2 amide bonds. The van der Waals surface area contributed by atoms with E-state index < -0.39 is 41.6 Å². The summed E-state index contributed by atoms with van der Waals surface area (Å²) in [5.41, 5.74) is -1.26. The molecular formula is C24H34N2O6. The van der Waals surface area contributed by atoms with Gasteiger partial charge in [-0.05, 0) is 18.4 Å². The molecule has 0 aromatic heterocycles. The van der Waals surface area contributed by atoms with Crippen molar-refractivity contribution in [1.82, 2.24) is 9.80 Å². The highest BCUT2D eigenvalue weighted by Crippen LogP contribution is 2.54. The summed E-state index contributed by atoms with van der Waals surface area (Å²) in [5.74, 6) is -2.75. The highest BCUT2D eigenvalue weighted by Gasteiger charge is 2.72. The summed E-state index contributed by atoms with van der Waals surface area (Å²) in [7, 11) is 0. The zero-order valence-corrected chi connectivity index (χ0v) is 19.1. The molecule has 4 rings (SSSR count). The summed E-state index contributed by atoms with van der Waals surface area (Å²) >= 11 is 0. The molecule has 8 heteroatoms. The van der Waals surface area contributed by atoms with Gasteiger partial charge in [0.25, 0.3) is 0 Å². The van der Waals surface area contributed by atoms with E-state index in [1.54, 1.807) is 17.1 Å². The molecule has 2 fully saturated rings. The van der Waals surface area contributed by atoms with E-state index in [0.717, 1.165) is 19.3 Å². The number of hydrogen-bond donors (Lipinski definition) is 1. The maximum atomic E-state index is 13.9. The van der Waals surface area contributed by atoms with Crippen LogP contribution in [0.1, 0.15) is 40.0 Å². The molecule has 1 spiro atoms. The molecule has 0 aliphatic carbocycles. The topological polar surface area (TPSA) is 96.4 Å². The number of unbranched alkanes of at least 4 members (excludes halogenated alkanes) is 2. The number of amides is 2. The lowest BCUT2D eigenvalue weighted by molar-refractivity contribution is -0.155. The Kier molecular flexibility index (Phi) is 6.45. The first-order valence-electron chi connectivity index (χ1n) is 11.8. The smallest absolute Gasteiger partial charge is 0.313 e. The van der Waals surface area contributed by atoms with Gasteiger partial charge in [-0.2, -0.15) is 0 Å². The van der Waals surface area contributed by atoms with Crippen LogP contribution in [0.15, 0.2) is 24.3 Å². The summed E-state index contributed by atoms with van der Waals surface area (Å²) in [6.07, 6.45) is 9.50. The molecule has 4 aliphatic heterocycles. The summed E-state index contributed by atoms with van der Waals surface area (Å²) in [5, 5.41) is 10.2. The second kappa shape index (κ2) is 8.98. The van der Waals surface area contributed by atoms with E-state index >= 15 is 0 Å². The van der Waals surface area contributed by atoms with Crippen LogP contribution in [0.2, 0.25) is 0 Å². The van der Waals surface area contributed by atoms with Gasteiger partial charge in [0.1, 0.15) is 24.2 Å². The number of cyclic esters (lactones) is 1. The van der Waals surface area contributed by atoms with Crippen LogP contribution in [0.4, 0.5) is 0 Å². The quantitative estimate of drug-likeness (QED) is 0.360. The van der Waals surface area contributed by atoms with Gasteiger partial charge in [0.2, 0.25) is 11.8 Å². The van der Waals surface area contributed by atoms with Crippen molar-refractivity contribution in [2.75, 3.05) is 26.3 Å². The predicted octanol–water partition coefficient (Wildman–Crippen LogP) is 1.29. The van der Waals surface area contributed by atoms with Crippen LogP contribution < -0.4 is 0 Å². The van der Waals surface area contributed by atoms with E-state index in [9.17, 15) is 19.5 Å². The summed E-state index contributed by atoms with van der Waals surface area (Å²) in [4.78, 5) is 43.9. The summed E-state index contributed by atoms with van der Waals surface area (Å²) < 4.78 is 11.8. The van der Waals surface area contributed by atoms with Crippen LogP contribution >= 0.6 is 0 Å². The van der Waals surface area contributed by atoms with E-state index in [1.807, 2.05) is 26.0 Å². The summed E-state index contributed by atoms with van der Waals surface area (Å²) in [6.45, 7) is 6.83. The molecular weight excluding hydrogens is 412 g/mol. The first-order valence-corrected chi connectivity index (χ1v) is 11.8. The number of ether oxygens (including phenoxy) is 2. The van der Waals surface area contributed by atoms with Crippen LogP contribution in [0.3, 0.4) is 0 Å². The van der Waals surface area contributed by atoms with Gasteiger partial charge in [-0.3, -0.25) is 14.4 Å². The number of hydrogen-bond acceptors (Lipinski definition) is 6. The maximum Gasteiger partial charge on any atom is 0.313 e. The molecule has 0 bridgehead atoms. The molecule has 6 atom stereocenters. The number of aliphatic hydroxyl groups excluding tert-OH is 1. The first-order chi connectivity index (χ1) is 15.4. The number of fused-ring (bicyclic) bond motifs is 2. The van der Waals surface area contributed by atoms with Gasteiger partial charge in [-0.15, -0.1) is 0 Å². The van der Waals surface area contributed by atoms with Gasteiger partial charge in [-0.1, -0.05) is 51.8 Å². The minimum Gasteiger partial charge on any atom is -0.461 e. The van der Waals surface area contributed by atoms with Crippen molar-refractivity contribution >= 4 is 17.8 Å². The van der Waals surface area contributed by atoms with Crippen molar-refractivity contribution in [2.24, 2.45) is 17.8 Å². The fourth-order valence-electron chi connectivity index (χ4n) is 5.69. The lowest BCUT2D eigenvalue weighted by atomic mass is 9.78. The minimum absolute atomic E-state index is 0.0785. The van der Waals surface area contributed by atoms with Crippen LogP contribution in [-0.4, -0.2) is 82.8 Å². The number of carbonyl (C=O) groups is 3. The SMILES string of the molecule is CCCCCN1CC=C[C@]23O[C@@H]4C=CCOC(=O)[C@@H]4[C@H]2C(=O)N([C@@H](CO)C(C)C)C3C1=O. The van der Waals surface area contributed by atoms with Crippen molar-refractivity contribution < 1.29 is 29.0 Å². The predicted molar refractivity (Wildman–Crippen MR) is 116 cm³/mol. The van der Waals surface area contributed by atoms with Crippen LogP contribution in [0.25, 0.3) is 0 Å². The molecule has 0 saturated carbocycles. The van der Waals surface area contributed by atoms with E-state index in [2.05, 4.69) is 6.92 Å². The number of esters is 1. The second-order valence-electron chi connectivity index (χ2n) is 9.53. The second-order valence-corrected chi connectivity index (χ2v) is 9.53. The fraction of sp³-hybridized carbons (Fsp3) is 0.708. The van der Waals surface area contributed by atoms with E-state index in [4.69, 9.17) is 9.47 Å². The van der Waals surface area contributed by atoms with Crippen molar-refractivity contribution in [3.8, 4) is 0 Å². The maximum absolute atomic E-state index is 13.9. The lowest BCUT2D eigenvalue weighted by Crippen LogP contribution is -2.59. The van der Waals surface area contributed by atoms with Gasteiger partial charge in [0, 0.05) is 13.1 Å². The zero-order chi connectivity index (χ0) is 23.0. The van der Waals surface area contributed by atoms with Crippen LogP contribution in [0.5, 0.6) is 0 Å². The Morgan fingerprint density at radius 1 is 1.19 bits per heavy atom. The van der Waals surface area contributed by atoms with Crippen molar-refractivity contribution in [3.63, 3.8) is 0 Å². The molecule has 0 radical (unpaired) electrons. The zero-order valence-electron chi connectivity index (χ0n) is 19.1. The third-order valence-electron chi connectivity index (χ3n) is 7.28. The number of carbonyl (C=O) groups excluding carboxylic acids is 3. The van der Waals surface area contributed by atoms with E-state index in [1.165, 1.54) is 4.90 Å².